The SMILES string of the molecule is O=C(Nc1cc(F)cc(F)c1)c1ccc(S(=O)(=O)NC[C@@H]2CCCO2)cc1. The molecule has 1 fully saturated rings. The highest BCUT2D eigenvalue weighted by molar-refractivity contribution is 7.89. The Hall–Kier alpha value is -2.36. The number of amides is 1. The van der Waals surface area contributed by atoms with Gasteiger partial charge in [0.05, 0.1) is 11.0 Å². The van der Waals surface area contributed by atoms with Crippen LogP contribution in [0.5, 0.6) is 0 Å². The van der Waals surface area contributed by atoms with Crippen molar-refractivity contribution in [2.75, 3.05) is 18.5 Å². The fourth-order valence-electron chi connectivity index (χ4n) is 2.71. The van der Waals surface area contributed by atoms with Gasteiger partial charge in [0, 0.05) is 30.5 Å². The van der Waals surface area contributed by atoms with Crippen LogP contribution in [-0.4, -0.2) is 33.6 Å². The summed E-state index contributed by atoms with van der Waals surface area (Å²) >= 11 is 0. The average molecular weight is 396 g/mol. The van der Waals surface area contributed by atoms with E-state index in [0.29, 0.717) is 12.7 Å². The Morgan fingerprint density at radius 3 is 2.37 bits per heavy atom. The maximum Gasteiger partial charge on any atom is 0.255 e. The molecule has 1 amide bonds. The summed E-state index contributed by atoms with van der Waals surface area (Å²) in [6, 6.07) is 7.89. The molecule has 0 aliphatic carbocycles. The minimum Gasteiger partial charge on any atom is -0.377 e. The number of nitrogens with one attached hydrogen (secondary N) is 2. The number of sulfonamides is 1. The number of hydrogen-bond acceptors (Lipinski definition) is 4. The molecule has 0 bridgehead atoms. The molecule has 0 radical (unpaired) electrons. The summed E-state index contributed by atoms with van der Waals surface area (Å²) < 4.78 is 58.8. The number of hydrogen-bond donors (Lipinski definition) is 2. The Morgan fingerprint density at radius 1 is 1.11 bits per heavy atom. The van der Waals surface area contributed by atoms with E-state index in [-0.39, 0.29) is 28.8 Å². The van der Waals surface area contributed by atoms with Crippen LogP contribution >= 0.6 is 0 Å². The molecule has 1 heterocycles. The van der Waals surface area contributed by atoms with Gasteiger partial charge in [-0.25, -0.2) is 21.9 Å². The van der Waals surface area contributed by atoms with Gasteiger partial charge in [-0.15, -0.1) is 0 Å². The Morgan fingerprint density at radius 2 is 1.78 bits per heavy atom. The van der Waals surface area contributed by atoms with Crippen LogP contribution in [0.25, 0.3) is 0 Å². The quantitative estimate of drug-likeness (QED) is 0.786. The summed E-state index contributed by atoms with van der Waals surface area (Å²) in [4.78, 5) is 12.2. The minimum absolute atomic E-state index is 0.00819. The van der Waals surface area contributed by atoms with E-state index in [4.69, 9.17) is 4.74 Å². The molecule has 2 aromatic carbocycles. The van der Waals surface area contributed by atoms with Crippen molar-refractivity contribution in [3.63, 3.8) is 0 Å². The van der Waals surface area contributed by atoms with Gasteiger partial charge in [0.2, 0.25) is 10.0 Å². The van der Waals surface area contributed by atoms with Gasteiger partial charge in [0.1, 0.15) is 11.6 Å². The summed E-state index contributed by atoms with van der Waals surface area (Å²) in [5.74, 6) is -2.25. The molecule has 1 aliphatic heterocycles. The molecule has 0 aromatic heterocycles. The normalized spacial score (nSPS) is 17.0. The van der Waals surface area contributed by atoms with Crippen molar-refractivity contribution in [3.05, 3.63) is 59.7 Å². The van der Waals surface area contributed by atoms with Crippen LogP contribution in [0, 0.1) is 11.6 Å². The predicted molar refractivity (Wildman–Crippen MR) is 94.9 cm³/mol. The largest absolute Gasteiger partial charge is 0.377 e. The van der Waals surface area contributed by atoms with Crippen LogP contribution in [-0.2, 0) is 14.8 Å². The molecule has 3 rings (SSSR count). The maximum absolute atomic E-state index is 13.2. The lowest BCUT2D eigenvalue weighted by atomic mass is 10.2. The number of anilines is 1. The molecule has 0 spiro atoms. The zero-order valence-electron chi connectivity index (χ0n) is 14.2. The molecular formula is C18H18F2N2O4S. The van der Waals surface area contributed by atoms with Crippen LogP contribution in [0.2, 0.25) is 0 Å². The Kier molecular flexibility index (Phi) is 5.83. The van der Waals surface area contributed by atoms with Crippen LogP contribution in [0.15, 0.2) is 47.4 Å². The number of benzene rings is 2. The van der Waals surface area contributed by atoms with Crippen LogP contribution < -0.4 is 10.0 Å². The van der Waals surface area contributed by atoms with Crippen molar-refractivity contribution in [1.82, 2.24) is 4.72 Å². The van der Waals surface area contributed by atoms with E-state index < -0.39 is 27.6 Å². The molecule has 27 heavy (non-hydrogen) atoms. The van der Waals surface area contributed by atoms with Gasteiger partial charge < -0.3 is 10.1 Å². The molecule has 1 saturated heterocycles. The third-order valence-electron chi connectivity index (χ3n) is 4.07. The van der Waals surface area contributed by atoms with Gasteiger partial charge in [-0.1, -0.05) is 0 Å². The van der Waals surface area contributed by atoms with Gasteiger partial charge in [0.25, 0.3) is 5.91 Å². The van der Waals surface area contributed by atoms with E-state index in [9.17, 15) is 22.0 Å². The highest BCUT2D eigenvalue weighted by Crippen LogP contribution is 2.16. The highest BCUT2D eigenvalue weighted by atomic mass is 32.2. The van der Waals surface area contributed by atoms with Crippen molar-refractivity contribution >= 4 is 21.6 Å². The summed E-state index contributed by atoms with van der Waals surface area (Å²) in [5, 5.41) is 2.36. The van der Waals surface area contributed by atoms with E-state index in [1.807, 2.05) is 0 Å². The summed E-state index contributed by atoms with van der Waals surface area (Å²) in [6.45, 7) is 0.821. The smallest absolute Gasteiger partial charge is 0.255 e. The standard InChI is InChI=1S/C18H18F2N2O4S/c19-13-8-14(20)10-15(9-13)22-18(23)12-3-5-17(6-4-12)27(24,25)21-11-16-2-1-7-26-16/h3-6,8-10,16,21H,1-2,7,11H2,(H,22,23)/t16-/m0/s1. The summed E-state index contributed by atoms with van der Waals surface area (Å²) in [5.41, 5.74) is 0.116. The summed E-state index contributed by atoms with van der Waals surface area (Å²) in [7, 11) is -3.72. The van der Waals surface area contributed by atoms with Crippen molar-refractivity contribution in [3.8, 4) is 0 Å². The fourth-order valence-corrected chi connectivity index (χ4v) is 3.77. The van der Waals surface area contributed by atoms with E-state index in [0.717, 1.165) is 25.0 Å². The number of ether oxygens (including phenoxy) is 1. The third kappa shape index (κ3) is 5.09. The van der Waals surface area contributed by atoms with Gasteiger partial charge in [-0.3, -0.25) is 4.79 Å². The first kappa shape index (κ1) is 19.4. The minimum atomic E-state index is -3.72. The first-order valence-corrected chi connectivity index (χ1v) is 9.80. The van der Waals surface area contributed by atoms with Crippen LogP contribution in [0.1, 0.15) is 23.2 Å². The number of carbonyl (C=O) groups is 1. The van der Waals surface area contributed by atoms with E-state index in [2.05, 4.69) is 10.0 Å². The molecule has 0 unspecified atom stereocenters. The number of carbonyl (C=O) groups excluding carboxylic acids is 1. The molecule has 1 atom stereocenters. The zero-order valence-corrected chi connectivity index (χ0v) is 15.1. The topological polar surface area (TPSA) is 84.5 Å². The maximum atomic E-state index is 13.2. The highest BCUT2D eigenvalue weighted by Gasteiger charge is 2.20. The van der Waals surface area contributed by atoms with Gasteiger partial charge in [-0.2, -0.15) is 0 Å². The molecule has 6 nitrogen and oxygen atoms in total. The second-order valence-electron chi connectivity index (χ2n) is 6.12. The van der Waals surface area contributed by atoms with Gasteiger partial charge >= 0.3 is 0 Å². The van der Waals surface area contributed by atoms with Crippen molar-refractivity contribution in [2.45, 2.75) is 23.8 Å². The average Bonchev–Trinajstić information content (AvgIpc) is 3.13. The Balaban J connectivity index is 1.65. The molecular weight excluding hydrogens is 378 g/mol. The molecule has 9 heteroatoms. The van der Waals surface area contributed by atoms with Gasteiger partial charge in [-0.05, 0) is 49.2 Å². The number of halogens is 2. The third-order valence-corrected chi connectivity index (χ3v) is 5.51. The van der Waals surface area contributed by atoms with Crippen molar-refractivity contribution in [1.29, 1.82) is 0 Å². The van der Waals surface area contributed by atoms with Crippen LogP contribution in [0.3, 0.4) is 0 Å². The molecule has 2 aromatic rings. The lowest BCUT2D eigenvalue weighted by Gasteiger charge is -2.12. The molecule has 144 valence electrons. The first-order valence-electron chi connectivity index (χ1n) is 8.32. The molecule has 1 aliphatic rings. The second-order valence-corrected chi connectivity index (χ2v) is 7.89. The number of rotatable bonds is 6. The molecule has 0 saturated carbocycles. The lowest BCUT2D eigenvalue weighted by molar-refractivity contribution is 0.102. The van der Waals surface area contributed by atoms with E-state index in [1.165, 1.54) is 24.3 Å². The Labute approximate surface area is 155 Å². The molecule has 2 N–H and O–H groups in total. The van der Waals surface area contributed by atoms with Crippen molar-refractivity contribution < 1.29 is 26.7 Å². The van der Waals surface area contributed by atoms with Crippen LogP contribution in [0.4, 0.5) is 14.5 Å². The van der Waals surface area contributed by atoms with Gasteiger partial charge in [0.15, 0.2) is 0 Å². The second kappa shape index (κ2) is 8.12. The predicted octanol–water partition coefficient (Wildman–Crippen LogP) is 2.67. The fraction of sp³-hybridized carbons (Fsp3) is 0.278. The van der Waals surface area contributed by atoms with E-state index in [1.54, 1.807) is 0 Å². The zero-order chi connectivity index (χ0) is 19.4. The monoisotopic (exact) mass is 396 g/mol. The lowest BCUT2D eigenvalue weighted by Crippen LogP contribution is -2.31. The van der Waals surface area contributed by atoms with E-state index >= 15 is 0 Å². The first-order chi connectivity index (χ1) is 12.8. The summed E-state index contributed by atoms with van der Waals surface area (Å²) in [6.07, 6.45) is 1.59. The Bertz CT molecular complexity index is 907. The van der Waals surface area contributed by atoms with Crippen molar-refractivity contribution in [2.24, 2.45) is 0 Å².